The molecule has 0 saturated heterocycles. The molecule has 0 radical (unpaired) electrons. The third-order valence-corrected chi connectivity index (χ3v) is 3.46. The van der Waals surface area contributed by atoms with Crippen LogP contribution in [0.1, 0.15) is 78.6 Å². The minimum Gasteiger partial charge on any atom is -0.463 e. The van der Waals surface area contributed by atoms with Crippen molar-refractivity contribution in [2.45, 2.75) is 78.6 Å². The molecule has 0 aromatic heterocycles. The van der Waals surface area contributed by atoms with E-state index < -0.39 is 0 Å². The van der Waals surface area contributed by atoms with E-state index in [2.05, 4.69) is 20.4 Å². The van der Waals surface area contributed by atoms with Gasteiger partial charge in [0.25, 0.3) is 0 Å². The third kappa shape index (κ3) is 10.8. The molecule has 0 aromatic carbocycles. The van der Waals surface area contributed by atoms with Crippen molar-refractivity contribution in [3.8, 4) is 0 Å². The first-order chi connectivity index (χ1) is 9.11. The van der Waals surface area contributed by atoms with Gasteiger partial charge in [-0.2, -0.15) is 0 Å². The Hall–Kier alpha value is -0.790. The van der Waals surface area contributed by atoms with Gasteiger partial charge in [-0.15, -0.1) is 0 Å². The highest BCUT2D eigenvalue weighted by Gasteiger charge is 2.11. The van der Waals surface area contributed by atoms with Crippen LogP contribution >= 0.6 is 0 Å². The van der Waals surface area contributed by atoms with Gasteiger partial charge in [-0.1, -0.05) is 71.8 Å². The van der Waals surface area contributed by atoms with E-state index in [1.54, 1.807) is 0 Å². The Kier molecular flexibility index (Phi) is 11.7. The lowest BCUT2D eigenvalue weighted by Gasteiger charge is -2.12. The van der Waals surface area contributed by atoms with Crippen molar-refractivity contribution in [2.75, 3.05) is 6.61 Å². The van der Waals surface area contributed by atoms with E-state index in [0.717, 1.165) is 6.42 Å². The van der Waals surface area contributed by atoms with Crippen molar-refractivity contribution in [1.82, 2.24) is 0 Å². The number of rotatable bonds is 12. The molecule has 0 aromatic rings. The number of esters is 1. The maximum Gasteiger partial charge on any atom is 0.333 e. The minimum absolute atomic E-state index is 0.228. The summed E-state index contributed by atoms with van der Waals surface area (Å²) in [5, 5.41) is 0. The van der Waals surface area contributed by atoms with Crippen molar-refractivity contribution in [2.24, 2.45) is 5.92 Å². The third-order valence-electron chi connectivity index (χ3n) is 3.46. The first-order valence-electron chi connectivity index (χ1n) is 7.96. The lowest BCUT2D eigenvalue weighted by molar-refractivity contribution is -0.138. The van der Waals surface area contributed by atoms with Gasteiger partial charge in [-0.25, -0.2) is 4.79 Å². The second kappa shape index (κ2) is 12.3. The molecule has 1 unspecified atom stereocenters. The van der Waals surface area contributed by atoms with Gasteiger partial charge in [0, 0.05) is 5.57 Å². The van der Waals surface area contributed by atoms with E-state index in [-0.39, 0.29) is 5.97 Å². The Morgan fingerprint density at radius 2 is 1.63 bits per heavy atom. The van der Waals surface area contributed by atoms with E-state index in [4.69, 9.17) is 4.74 Å². The number of unbranched alkanes of at least 4 members (excludes halogenated alkanes) is 6. The monoisotopic (exact) mass is 268 g/mol. The summed E-state index contributed by atoms with van der Waals surface area (Å²) in [6.07, 6.45) is 11.3. The first kappa shape index (κ1) is 18.2. The molecule has 0 aliphatic rings. The van der Waals surface area contributed by atoms with Crippen LogP contribution in [0.25, 0.3) is 0 Å². The van der Waals surface area contributed by atoms with Crippen LogP contribution in [0.4, 0.5) is 0 Å². The van der Waals surface area contributed by atoms with Gasteiger partial charge in [0.1, 0.15) is 0 Å². The summed E-state index contributed by atoms with van der Waals surface area (Å²) >= 11 is 0. The maximum absolute atomic E-state index is 11.4. The molecule has 0 aliphatic carbocycles. The normalized spacial score (nSPS) is 12.2. The highest BCUT2D eigenvalue weighted by Crippen LogP contribution is 2.18. The van der Waals surface area contributed by atoms with E-state index in [1.165, 1.54) is 51.4 Å². The molecule has 0 amide bonds. The Balaban J connectivity index is 3.51. The molecule has 0 heterocycles. The number of hydrogen-bond acceptors (Lipinski definition) is 2. The second-order valence-corrected chi connectivity index (χ2v) is 5.54. The number of ether oxygens (including phenoxy) is 1. The lowest BCUT2D eigenvalue weighted by atomic mass is 9.95. The number of carbonyl (C=O) groups excluding carboxylic acids is 1. The molecule has 0 rings (SSSR count). The van der Waals surface area contributed by atoms with Gasteiger partial charge >= 0.3 is 5.97 Å². The second-order valence-electron chi connectivity index (χ2n) is 5.54. The Morgan fingerprint density at radius 1 is 1.05 bits per heavy atom. The van der Waals surface area contributed by atoms with Gasteiger partial charge in [0.2, 0.25) is 0 Å². The lowest BCUT2D eigenvalue weighted by Crippen LogP contribution is -2.09. The summed E-state index contributed by atoms with van der Waals surface area (Å²) < 4.78 is 4.95. The fourth-order valence-corrected chi connectivity index (χ4v) is 2.29. The Morgan fingerprint density at radius 3 is 2.21 bits per heavy atom. The van der Waals surface area contributed by atoms with Crippen molar-refractivity contribution >= 4 is 5.97 Å². The van der Waals surface area contributed by atoms with E-state index in [1.807, 2.05) is 6.92 Å². The zero-order chi connectivity index (χ0) is 14.5. The minimum atomic E-state index is -0.228. The molecule has 0 aliphatic heterocycles. The van der Waals surface area contributed by atoms with Gasteiger partial charge < -0.3 is 4.74 Å². The van der Waals surface area contributed by atoms with E-state index >= 15 is 0 Å². The van der Waals surface area contributed by atoms with Gasteiger partial charge in [-0.05, 0) is 19.3 Å². The maximum atomic E-state index is 11.4. The van der Waals surface area contributed by atoms with Crippen molar-refractivity contribution in [3.63, 3.8) is 0 Å². The summed E-state index contributed by atoms with van der Waals surface area (Å²) in [5.41, 5.74) is 0.622. The number of hydrogen-bond donors (Lipinski definition) is 0. The number of carbonyl (C=O) groups is 1. The molecule has 0 N–H and O–H groups in total. The fraction of sp³-hybridized carbons (Fsp3) is 0.824. The van der Waals surface area contributed by atoms with E-state index in [0.29, 0.717) is 18.1 Å². The average Bonchev–Trinajstić information content (AvgIpc) is 2.38. The quantitative estimate of drug-likeness (QED) is 0.274. The van der Waals surface area contributed by atoms with Crippen LogP contribution < -0.4 is 0 Å². The van der Waals surface area contributed by atoms with Crippen LogP contribution in [0.15, 0.2) is 12.2 Å². The molecule has 112 valence electrons. The molecule has 19 heavy (non-hydrogen) atoms. The van der Waals surface area contributed by atoms with Gasteiger partial charge in [0.15, 0.2) is 0 Å². The average molecular weight is 268 g/mol. The zero-order valence-electron chi connectivity index (χ0n) is 13.2. The Labute approximate surface area is 119 Å². The predicted octanol–water partition coefficient (Wildman–Crippen LogP) is 5.27. The topological polar surface area (TPSA) is 26.3 Å². The van der Waals surface area contributed by atoms with Crippen LogP contribution in [0, 0.1) is 5.92 Å². The zero-order valence-corrected chi connectivity index (χ0v) is 13.2. The van der Waals surface area contributed by atoms with Crippen molar-refractivity contribution < 1.29 is 9.53 Å². The molecule has 2 nitrogen and oxygen atoms in total. The van der Waals surface area contributed by atoms with E-state index in [9.17, 15) is 4.79 Å². The van der Waals surface area contributed by atoms with Gasteiger partial charge in [0.05, 0.1) is 6.61 Å². The molecule has 1 atom stereocenters. The first-order valence-corrected chi connectivity index (χ1v) is 7.96. The standard InChI is InChI=1S/C17H32O2/c1-5-7-8-9-10-11-12-13-15(3)14-16(4)17(18)19-6-2/h15H,4-14H2,1-3H3. The summed E-state index contributed by atoms with van der Waals surface area (Å²) in [6, 6.07) is 0. The molecular weight excluding hydrogens is 236 g/mol. The molecule has 0 bridgehead atoms. The smallest absolute Gasteiger partial charge is 0.333 e. The van der Waals surface area contributed by atoms with Crippen LogP contribution in [-0.2, 0) is 9.53 Å². The molecular formula is C17H32O2. The van der Waals surface area contributed by atoms with Crippen molar-refractivity contribution in [3.05, 3.63) is 12.2 Å². The summed E-state index contributed by atoms with van der Waals surface area (Å²) in [5.74, 6) is 0.307. The van der Waals surface area contributed by atoms with Crippen LogP contribution in [0.2, 0.25) is 0 Å². The summed E-state index contributed by atoms with van der Waals surface area (Å²) in [7, 11) is 0. The molecule has 0 spiro atoms. The van der Waals surface area contributed by atoms with Crippen molar-refractivity contribution in [1.29, 1.82) is 0 Å². The van der Waals surface area contributed by atoms with Crippen LogP contribution in [0.5, 0.6) is 0 Å². The largest absolute Gasteiger partial charge is 0.463 e. The predicted molar refractivity (Wildman–Crippen MR) is 82.2 cm³/mol. The highest BCUT2D eigenvalue weighted by molar-refractivity contribution is 5.87. The summed E-state index contributed by atoms with van der Waals surface area (Å²) in [4.78, 5) is 11.4. The SMILES string of the molecule is C=C(CC(C)CCCCCCCCC)C(=O)OCC. The molecule has 0 fully saturated rings. The van der Waals surface area contributed by atoms with Crippen LogP contribution in [-0.4, -0.2) is 12.6 Å². The summed E-state index contributed by atoms with van der Waals surface area (Å²) in [6.45, 7) is 10.5. The van der Waals surface area contributed by atoms with Crippen LogP contribution in [0.3, 0.4) is 0 Å². The van der Waals surface area contributed by atoms with Gasteiger partial charge in [-0.3, -0.25) is 0 Å². The molecule has 2 heteroatoms. The fourth-order valence-electron chi connectivity index (χ4n) is 2.29. The molecule has 0 saturated carbocycles. The highest BCUT2D eigenvalue weighted by atomic mass is 16.5. The Bertz CT molecular complexity index is 246.